The van der Waals surface area contributed by atoms with E-state index in [0.717, 1.165) is 23.8 Å². The minimum atomic E-state index is -1.95. The fraction of sp³-hybridized carbons (Fsp3) is 0.179. The molecule has 0 saturated heterocycles. The van der Waals surface area contributed by atoms with Crippen LogP contribution in [-0.4, -0.2) is 42.7 Å². The van der Waals surface area contributed by atoms with Gasteiger partial charge in [0.15, 0.2) is 5.78 Å². The van der Waals surface area contributed by atoms with Crippen LogP contribution in [0.25, 0.3) is 6.08 Å². The fourth-order valence-corrected chi connectivity index (χ4v) is 7.49. The third kappa shape index (κ3) is 4.49. The Morgan fingerprint density at radius 3 is 2.25 bits per heavy atom. The van der Waals surface area contributed by atoms with E-state index in [2.05, 4.69) is 0 Å². The Balaban J connectivity index is 1.63. The number of carbonyl (C=O) groups is 4. The number of esters is 2. The number of methoxy groups -OCH3 is 2. The van der Waals surface area contributed by atoms with E-state index in [4.69, 9.17) is 9.47 Å². The van der Waals surface area contributed by atoms with Crippen molar-refractivity contribution in [2.75, 3.05) is 19.1 Å². The molecule has 3 atom stereocenters. The van der Waals surface area contributed by atoms with Gasteiger partial charge < -0.3 is 19.3 Å². The zero-order chi connectivity index (χ0) is 33.7. The van der Waals surface area contributed by atoms with Crippen molar-refractivity contribution in [3.05, 3.63) is 154 Å². The van der Waals surface area contributed by atoms with Gasteiger partial charge in [0.05, 0.1) is 38.3 Å². The first-order valence-corrected chi connectivity index (χ1v) is 15.5. The maximum Gasteiger partial charge on any atom is 0.355 e. The first-order valence-electron chi connectivity index (χ1n) is 15.5. The van der Waals surface area contributed by atoms with Gasteiger partial charge in [-0.2, -0.15) is 0 Å². The molecule has 1 unspecified atom stereocenters. The molecule has 3 aliphatic rings. The van der Waals surface area contributed by atoms with Crippen LogP contribution in [0.3, 0.4) is 0 Å². The van der Waals surface area contributed by atoms with E-state index in [-0.39, 0.29) is 28.9 Å². The highest BCUT2D eigenvalue weighted by Gasteiger charge is 2.69. The number of halogens is 1. The molecule has 7 rings (SSSR count). The Morgan fingerprint density at radius 1 is 0.854 bits per heavy atom. The molecule has 240 valence electrons. The first kappa shape index (κ1) is 30.8. The van der Waals surface area contributed by atoms with Crippen molar-refractivity contribution in [1.82, 2.24) is 4.90 Å². The van der Waals surface area contributed by atoms with Gasteiger partial charge in [0.1, 0.15) is 16.9 Å². The van der Waals surface area contributed by atoms with Crippen LogP contribution in [0.4, 0.5) is 10.1 Å². The van der Waals surface area contributed by atoms with Gasteiger partial charge >= 0.3 is 11.9 Å². The van der Waals surface area contributed by atoms with E-state index in [1.807, 2.05) is 55.5 Å². The number of amides is 1. The van der Waals surface area contributed by atoms with Crippen LogP contribution < -0.4 is 4.90 Å². The topological polar surface area (TPSA) is 93.2 Å². The van der Waals surface area contributed by atoms with E-state index < -0.39 is 46.8 Å². The van der Waals surface area contributed by atoms with Gasteiger partial charge in [-0.1, -0.05) is 84.4 Å². The van der Waals surface area contributed by atoms with Gasteiger partial charge in [0, 0.05) is 17.5 Å². The molecule has 3 heterocycles. The van der Waals surface area contributed by atoms with Crippen LogP contribution in [0.5, 0.6) is 0 Å². The molecule has 0 aliphatic carbocycles. The number of anilines is 1. The monoisotopic (exact) mass is 642 g/mol. The van der Waals surface area contributed by atoms with Crippen LogP contribution in [0.15, 0.2) is 115 Å². The van der Waals surface area contributed by atoms with Crippen molar-refractivity contribution in [3.63, 3.8) is 0 Å². The number of hydrogen-bond acceptors (Lipinski definition) is 7. The predicted molar refractivity (Wildman–Crippen MR) is 176 cm³/mol. The number of aryl methyl sites for hydroxylation is 1. The third-order valence-electron chi connectivity index (χ3n) is 9.53. The second-order valence-corrected chi connectivity index (χ2v) is 12.1. The summed E-state index contributed by atoms with van der Waals surface area (Å²) >= 11 is 0. The number of benzene rings is 4. The van der Waals surface area contributed by atoms with Crippen molar-refractivity contribution in [1.29, 1.82) is 0 Å². The van der Waals surface area contributed by atoms with Crippen molar-refractivity contribution < 1.29 is 33.0 Å². The average Bonchev–Trinajstić information content (AvgIpc) is 3.33. The van der Waals surface area contributed by atoms with Crippen molar-refractivity contribution in [3.8, 4) is 0 Å². The minimum absolute atomic E-state index is 0.108. The molecular formula is C39H31FN2O6. The number of ketones is 1. The van der Waals surface area contributed by atoms with Gasteiger partial charge in [0.25, 0.3) is 0 Å². The lowest BCUT2D eigenvalue weighted by Gasteiger charge is -2.52. The number of ether oxygens (including phenoxy) is 2. The minimum Gasteiger partial charge on any atom is -0.466 e. The van der Waals surface area contributed by atoms with Crippen LogP contribution in [0.2, 0.25) is 0 Å². The van der Waals surface area contributed by atoms with Crippen molar-refractivity contribution >= 4 is 35.4 Å². The maximum atomic E-state index is 15.6. The largest absolute Gasteiger partial charge is 0.466 e. The first-order chi connectivity index (χ1) is 23.2. The zero-order valence-electron chi connectivity index (χ0n) is 26.5. The summed E-state index contributed by atoms with van der Waals surface area (Å²) in [6.07, 6.45) is 3.36. The summed E-state index contributed by atoms with van der Waals surface area (Å²) in [4.78, 5) is 61.6. The molecule has 0 aromatic heterocycles. The highest BCUT2D eigenvalue weighted by molar-refractivity contribution is 6.19. The SMILES string of the molecule is COC(=O)C1=C(C(=O)OC)N2C=Cc3ccccc3[C@@H]2[C@]2(C(=O)N(Cc3ccccc3)c3ccc(F)cc32)C1C(=O)c1ccc(C)cc1. The number of rotatable bonds is 6. The normalized spacial score (nSPS) is 20.7. The average molecular weight is 643 g/mol. The summed E-state index contributed by atoms with van der Waals surface area (Å²) in [5.41, 5.74) is 1.32. The maximum absolute atomic E-state index is 15.6. The van der Waals surface area contributed by atoms with Gasteiger partial charge in [0.2, 0.25) is 5.91 Å². The Labute approximate surface area is 276 Å². The summed E-state index contributed by atoms with van der Waals surface area (Å²) in [5, 5.41) is 0. The number of Topliss-reactive ketones (excluding diaryl/α,β-unsaturated/α-hetero) is 1. The van der Waals surface area contributed by atoms with Crippen LogP contribution in [0, 0.1) is 18.7 Å². The van der Waals surface area contributed by atoms with E-state index in [1.54, 1.807) is 42.6 Å². The standard InChI is InChI=1S/C39H31FN2O6/c1-23-13-15-26(16-14-23)34(43)32-31(36(44)47-2)33(37(45)48-3)41-20-19-25-11-7-8-12-28(25)35(41)39(32)29-21-27(40)17-18-30(29)42(38(39)46)22-24-9-5-4-6-10-24/h4-21,32,35H,22H2,1-3H3/t32?,35-,39-/m1/s1. The van der Waals surface area contributed by atoms with E-state index >= 15 is 14.0 Å². The van der Waals surface area contributed by atoms with E-state index in [1.165, 1.54) is 35.1 Å². The Hall–Kier alpha value is -5.83. The lowest BCUT2D eigenvalue weighted by molar-refractivity contribution is -0.144. The molecule has 0 fully saturated rings. The third-order valence-corrected chi connectivity index (χ3v) is 9.53. The second kappa shape index (κ2) is 11.8. The van der Waals surface area contributed by atoms with Crippen molar-refractivity contribution in [2.45, 2.75) is 24.9 Å². The summed E-state index contributed by atoms with van der Waals surface area (Å²) in [6.45, 7) is 1.98. The lowest BCUT2D eigenvalue weighted by atomic mass is 9.56. The van der Waals surface area contributed by atoms with Crippen LogP contribution in [0.1, 0.15) is 44.2 Å². The summed E-state index contributed by atoms with van der Waals surface area (Å²) in [7, 11) is 2.32. The molecule has 1 spiro atoms. The molecule has 1 amide bonds. The highest BCUT2D eigenvalue weighted by Crippen LogP contribution is 2.62. The second-order valence-electron chi connectivity index (χ2n) is 12.1. The van der Waals surface area contributed by atoms with Gasteiger partial charge in [-0.15, -0.1) is 0 Å². The molecule has 0 bridgehead atoms. The number of hydrogen-bond donors (Lipinski definition) is 0. The quantitative estimate of drug-likeness (QED) is 0.187. The van der Waals surface area contributed by atoms with Crippen LogP contribution >= 0.6 is 0 Å². The molecular weight excluding hydrogens is 611 g/mol. The summed E-state index contributed by atoms with van der Waals surface area (Å²) in [5.74, 6) is -5.27. The Bertz CT molecular complexity index is 2050. The van der Waals surface area contributed by atoms with Crippen LogP contribution in [-0.2, 0) is 35.8 Å². The van der Waals surface area contributed by atoms with E-state index in [0.29, 0.717) is 11.3 Å². The smallest absolute Gasteiger partial charge is 0.355 e. The molecule has 8 nitrogen and oxygen atoms in total. The Kier molecular flexibility index (Phi) is 7.55. The van der Waals surface area contributed by atoms with E-state index in [9.17, 15) is 9.59 Å². The van der Waals surface area contributed by atoms with Crippen molar-refractivity contribution in [2.24, 2.45) is 5.92 Å². The summed E-state index contributed by atoms with van der Waals surface area (Å²) < 4.78 is 26.0. The number of carbonyl (C=O) groups excluding carboxylic acids is 4. The number of nitrogens with zero attached hydrogens (tertiary/aromatic N) is 2. The molecule has 4 aromatic carbocycles. The predicted octanol–water partition coefficient (Wildman–Crippen LogP) is 6.06. The number of fused-ring (bicyclic) bond motifs is 6. The molecule has 4 aromatic rings. The van der Waals surface area contributed by atoms with Gasteiger partial charge in [-0.25, -0.2) is 14.0 Å². The lowest BCUT2D eigenvalue weighted by Crippen LogP contribution is -2.61. The Morgan fingerprint density at radius 2 is 1.54 bits per heavy atom. The molecule has 0 radical (unpaired) electrons. The molecule has 3 aliphatic heterocycles. The molecule has 9 heteroatoms. The summed E-state index contributed by atoms with van der Waals surface area (Å²) in [6, 6.07) is 26.4. The van der Waals surface area contributed by atoms with Gasteiger partial charge in [-0.05, 0) is 53.5 Å². The fourth-order valence-electron chi connectivity index (χ4n) is 7.49. The zero-order valence-corrected chi connectivity index (χ0v) is 26.5. The van der Waals surface area contributed by atoms with Gasteiger partial charge in [-0.3, -0.25) is 9.59 Å². The molecule has 0 N–H and O–H groups in total. The molecule has 48 heavy (non-hydrogen) atoms. The molecule has 0 saturated carbocycles. The highest BCUT2D eigenvalue weighted by atomic mass is 19.1.